The summed E-state index contributed by atoms with van der Waals surface area (Å²) < 4.78 is 26.9. The van der Waals surface area contributed by atoms with Crippen LogP contribution in [-0.4, -0.2) is 76.1 Å². The number of fused-ring (bicyclic) bond motifs is 1. The van der Waals surface area contributed by atoms with Gasteiger partial charge in [0.2, 0.25) is 0 Å². The minimum atomic E-state index is -2.72. The van der Waals surface area contributed by atoms with E-state index in [-0.39, 0.29) is 29.9 Å². The van der Waals surface area contributed by atoms with Crippen molar-refractivity contribution in [3.05, 3.63) is 52.1 Å². The summed E-state index contributed by atoms with van der Waals surface area (Å²) in [5.74, 6) is -2.09. The number of aromatic hydroxyl groups is 1. The summed E-state index contributed by atoms with van der Waals surface area (Å²) in [5, 5.41) is 12.2. The van der Waals surface area contributed by atoms with Crippen molar-refractivity contribution in [2.45, 2.75) is 45.2 Å². The van der Waals surface area contributed by atoms with Crippen molar-refractivity contribution >= 4 is 16.6 Å². The number of alkyl halides is 2. The van der Waals surface area contributed by atoms with Gasteiger partial charge in [-0.25, -0.2) is 13.8 Å². The molecule has 0 aliphatic carbocycles. The quantitative estimate of drug-likeness (QED) is 0.558. The van der Waals surface area contributed by atoms with Crippen molar-refractivity contribution in [2.75, 3.05) is 44.7 Å². The fraction of sp³-hybridized carbons (Fsp3) is 0.481. The molecule has 2 aliphatic rings. The Balaban J connectivity index is 1.54. The summed E-state index contributed by atoms with van der Waals surface area (Å²) in [7, 11) is 2.13. The number of nitrogens with one attached hydrogen (secondary N) is 1. The first-order valence-electron chi connectivity index (χ1n) is 12.4. The van der Waals surface area contributed by atoms with E-state index in [0.29, 0.717) is 23.1 Å². The van der Waals surface area contributed by atoms with Crippen LogP contribution in [-0.2, 0) is 13.0 Å². The number of H-pyrrole nitrogens is 1. The molecule has 0 bridgehead atoms. The van der Waals surface area contributed by atoms with E-state index in [2.05, 4.69) is 53.7 Å². The van der Waals surface area contributed by atoms with Crippen LogP contribution in [0.2, 0.25) is 0 Å². The highest BCUT2D eigenvalue weighted by atomic mass is 19.3. The van der Waals surface area contributed by atoms with E-state index in [0.717, 1.165) is 48.3 Å². The summed E-state index contributed by atoms with van der Waals surface area (Å²) in [6, 6.07) is 5.49. The Labute approximate surface area is 209 Å². The average molecular weight is 498 g/mol. The molecule has 4 heterocycles. The number of phenols is 1. The van der Waals surface area contributed by atoms with Crippen LogP contribution in [0, 0.1) is 0 Å². The van der Waals surface area contributed by atoms with Crippen molar-refractivity contribution in [3.63, 3.8) is 0 Å². The molecule has 192 valence electrons. The first kappa shape index (κ1) is 24.6. The lowest BCUT2D eigenvalue weighted by Crippen LogP contribution is -2.57. The zero-order valence-electron chi connectivity index (χ0n) is 21.2. The molecule has 2 aromatic heterocycles. The molecule has 0 amide bonds. The van der Waals surface area contributed by atoms with E-state index >= 15 is 0 Å². The van der Waals surface area contributed by atoms with Gasteiger partial charge in [0.15, 0.2) is 0 Å². The van der Waals surface area contributed by atoms with Crippen molar-refractivity contribution in [3.8, 4) is 16.9 Å². The fourth-order valence-corrected chi connectivity index (χ4v) is 5.51. The van der Waals surface area contributed by atoms with Gasteiger partial charge in [0.25, 0.3) is 11.5 Å². The van der Waals surface area contributed by atoms with Gasteiger partial charge in [-0.05, 0) is 50.6 Å². The number of pyridine rings is 2. The van der Waals surface area contributed by atoms with Crippen LogP contribution in [0.4, 0.5) is 14.6 Å². The lowest BCUT2D eigenvalue weighted by molar-refractivity contribution is -0.0266. The maximum atomic E-state index is 13.4. The minimum absolute atomic E-state index is 0.0185. The Hall–Kier alpha value is -3.04. The van der Waals surface area contributed by atoms with Gasteiger partial charge in [0.1, 0.15) is 11.6 Å². The van der Waals surface area contributed by atoms with Gasteiger partial charge >= 0.3 is 0 Å². The topological polar surface area (TPSA) is 75.7 Å². The van der Waals surface area contributed by atoms with E-state index in [4.69, 9.17) is 0 Å². The highest BCUT2D eigenvalue weighted by Gasteiger charge is 2.44. The third-order valence-electron chi connectivity index (χ3n) is 7.56. The molecule has 36 heavy (non-hydrogen) atoms. The second-order valence-electron chi connectivity index (χ2n) is 10.8. The van der Waals surface area contributed by atoms with Crippen LogP contribution < -0.4 is 10.5 Å². The molecule has 0 radical (unpaired) electrons. The molecule has 0 saturated carbocycles. The summed E-state index contributed by atoms with van der Waals surface area (Å²) in [6.07, 6.45) is 3.80. The Morgan fingerprint density at radius 3 is 2.53 bits per heavy atom. The van der Waals surface area contributed by atoms with Gasteiger partial charge in [-0.15, -0.1) is 0 Å². The largest absolute Gasteiger partial charge is 0.508 e. The molecule has 0 unspecified atom stereocenters. The number of benzene rings is 1. The Kier molecular flexibility index (Phi) is 6.03. The molecule has 0 spiro atoms. The molecule has 9 heteroatoms. The number of halogens is 2. The molecule has 0 atom stereocenters. The Morgan fingerprint density at radius 2 is 1.86 bits per heavy atom. The van der Waals surface area contributed by atoms with Crippen LogP contribution in [0.25, 0.3) is 21.9 Å². The molecule has 2 saturated heterocycles. The van der Waals surface area contributed by atoms with Crippen molar-refractivity contribution < 1.29 is 13.9 Å². The second kappa shape index (κ2) is 8.81. The zero-order chi connectivity index (χ0) is 25.8. The summed E-state index contributed by atoms with van der Waals surface area (Å²) in [6.45, 7) is 9.25. The fourth-order valence-electron chi connectivity index (χ4n) is 5.51. The average Bonchev–Trinajstić information content (AvgIpc) is 2.79. The SMILES string of the molecule is CCc1cc(-c2c[nH]c(=O)c3cnc(N4CC(F)(F)C4)cc23)cc(O)c1CN1CCN(C)CC1(C)C. The van der Waals surface area contributed by atoms with E-state index in [1.807, 2.05) is 0 Å². The normalized spacial score (nSPS) is 20.0. The number of piperazine rings is 1. The maximum absolute atomic E-state index is 13.4. The molecular formula is C27H33F2N5O2. The van der Waals surface area contributed by atoms with Crippen LogP contribution in [0.5, 0.6) is 5.75 Å². The minimum Gasteiger partial charge on any atom is -0.508 e. The molecule has 2 fully saturated rings. The lowest BCUT2D eigenvalue weighted by Gasteiger charge is -2.46. The van der Waals surface area contributed by atoms with Crippen molar-refractivity contribution in [2.24, 2.45) is 0 Å². The van der Waals surface area contributed by atoms with E-state index < -0.39 is 5.92 Å². The predicted molar refractivity (Wildman–Crippen MR) is 138 cm³/mol. The first-order valence-corrected chi connectivity index (χ1v) is 12.4. The van der Waals surface area contributed by atoms with Crippen LogP contribution in [0.15, 0.2) is 35.4 Å². The van der Waals surface area contributed by atoms with E-state index in [1.165, 1.54) is 11.1 Å². The number of anilines is 1. The first-order chi connectivity index (χ1) is 17.0. The van der Waals surface area contributed by atoms with Gasteiger partial charge in [-0.2, -0.15) is 0 Å². The summed E-state index contributed by atoms with van der Waals surface area (Å²) >= 11 is 0. The van der Waals surface area contributed by atoms with Gasteiger partial charge in [0, 0.05) is 60.6 Å². The number of likely N-dealkylation sites (N-methyl/N-ethyl adjacent to an activating group) is 1. The zero-order valence-corrected chi connectivity index (χ0v) is 21.2. The number of hydrogen-bond donors (Lipinski definition) is 2. The number of phenolic OH excluding ortho intramolecular Hbond substituents is 1. The van der Waals surface area contributed by atoms with Gasteiger partial charge in [0.05, 0.1) is 18.5 Å². The molecule has 2 aliphatic heterocycles. The third kappa shape index (κ3) is 4.46. The molecule has 5 rings (SSSR count). The molecule has 3 aromatic rings. The van der Waals surface area contributed by atoms with Crippen LogP contribution in [0.1, 0.15) is 31.9 Å². The van der Waals surface area contributed by atoms with Gasteiger partial charge in [-0.3, -0.25) is 9.69 Å². The molecular weight excluding hydrogens is 464 g/mol. The highest BCUT2D eigenvalue weighted by Crippen LogP contribution is 2.37. The Morgan fingerprint density at radius 1 is 1.11 bits per heavy atom. The van der Waals surface area contributed by atoms with Gasteiger partial charge < -0.3 is 19.9 Å². The number of aromatic amines is 1. The molecule has 2 N–H and O–H groups in total. The number of rotatable bonds is 5. The van der Waals surface area contributed by atoms with Crippen molar-refractivity contribution in [1.29, 1.82) is 0 Å². The monoisotopic (exact) mass is 497 g/mol. The van der Waals surface area contributed by atoms with Crippen LogP contribution in [0.3, 0.4) is 0 Å². The third-order valence-corrected chi connectivity index (χ3v) is 7.56. The van der Waals surface area contributed by atoms with Crippen molar-refractivity contribution in [1.82, 2.24) is 19.8 Å². The number of hydrogen-bond acceptors (Lipinski definition) is 6. The number of nitrogens with zero attached hydrogens (tertiary/aromatic N) is 4. The van der Waals surface area contributed by atoms with Gasteiger partial charge in [-0.1, -0.05) is 13.0 Å². The summed E-state index contributed by atoms with van der Waals surface area (Å²) in [5.41, 5.74) is 3.12. The standard InChI is InChI=1S/C27H33F2N5O2/c1-5-17-8-18(9-23(35)22(17)13-34-7-6-32(4)14-26(34,2)3)20-11-31-25(36)21-12-30-24(10-19(20)21)33-15-27(28,29)16-33/h8-12,35H,5-7,13-16H2,1-4H3,(H,31,36). The highest BCUT2D eigenvalue weighted by molar-refractivity contribution is 5.97. The molecule has 7 nitrogen and oxygen atoms in total. The van der Waals surface area contributed by atoms with E-state index in [1.54, 1.807) is 18.3 Å². The Bertz CT molecular complexity index is 1360. The number of aromatic nitrogens is 2. The molecule has 1 aromatic carbocycles. The number of aryl methyl sites for hydroxylation is 1. The smallest absolute Gasteiger partial charge is 0.282 e. The predicted octanol–water partition coefficient (Wildman–Crippen LogP) is 3.84. The lowest BCUT2D eigenvalue weighted by atomic mass is 9.93. The van der Waals surface area contributed by atoms with E-state index in [9.17, 15) is 18.7 Å². The maximum Gasteiger partial charge on any atom is 0.282 e. The van der Waals surface area contributed by atoms with Crippen LogP contribution >= 0.6 is 0 Å². The second-order valence-corrected chi connectivity index (χ2v) is 10.8. The summed E-state index contributed by atoms with van der Waals surface area (Å²) in [4.78, 5) is 25.7.